The predicted molar refractivity (Wildman–Crippen MR) is 236 cm³/mol. The molecule has 0 N–H and O–H groups in total. The maximum Gasteiger partial charge on any atom is 0.164 e. The van der Waals surface area contributed by atoms with Crippen molar-refractivity contribution < 1.29 is 4.42 Å². The van der Waals surface area contributed by atoms with E-state index in [-0.39, 0.29) is 0 Å². The molecule has 0 fully saturated rings. The first-order valence-electron chi connectivity index (χ1n) is 19.0. The van der Waals surface area contributed by atoms with E-state index in [1.165, 1.54) is 47.7 Å². The highest BCUT2D eigenvalue weighted by Gasteiger charge is 2.19. The highest BCUT2D eigenvalue weighted by molar-refractivity contribution is 7.25. The molecule has 4 heterocycles. The topological polar surface area (TPSA) is 56.7 Å². The summed E-state index contributed by atoms with van der Waals surface area (Å²) in [5.74, 6) is 1.86. The molecule has 0 spiro atoms. The van der Waals surface area contributed by atoms with Gasteiger partial charge >= 0.3 is 0 Å². The first-order valence-corrected chi connectivity index (χ1v) is 19.8. The summed E-state index contributed by atoms with van der Waals surface area (Å²) in [6.45, 7) is 0. The smallest absolute Gasteiger partial charge is 0.164 e. The number of nitrogens with zero attached hydrogens (tertiary/aromatic N) is 4. The summed E-state index contributed by atoms with van der Waals surface area (Å²) >= 11 is 1.84. The molecule has 0 aliphatic carbocycles. The van der Waals surface area contributed by atoms with Gasteiger partial charge in [-0.3, -0.25) is 0 Å². The van der Waals surface area contributed by atoms with E-state index >= 15 is 0 Å². The Kier molecular flexibility index (Phi) is 7.03. The molecule has 0 saturated heterocycles. The van der Waals surface area contributed by atoms with Crippen molar-refractivity contribution in [3.63, 3.8) is 0 Å². The zero-order valence-electron chi connectivity index (χ0n) is 30.4. The minimum Gasteiger partial charge on any atom is -0.456 e. The minimum absolute atomic E-state index is 0.604. The van der Waals surface area contributed by atoms with Crippen LogP contribution in [0.25, 0.3) is 115 Å². The quantitative estimate of drug-likeness (QED) is 0.176. The SMILES string of the molecule is c1ccc(-c2nc(-c3ccccc3)nc(-c3cccc4oc5ccc(-c6ccc7sc8cc(-n9c%10ccccc%10c%10ccccc%109)ccc8c7c6)cc5c34)n2)cc1. The fourth-order valence-corrected chi connectivity index (χ4v) is 9.53. The zero-order chi connectivity index (χ0) is 37.5. The van der Waals surface area contributed by atoms with Gasteiger partial charge < -0.3 is 8.98 Å². The minimum atomic E-state index is 0.604. The Hall–Kier alpha value is -7.41. The van der Waals surface area contributed by atoms with Gasteiger partial charge in [-0.1, -0.05) is 127 Å². The number of benzene rings is 8. The molecule has 0 unspecified atom stereocenters. The van der Waals surface area contributed by atoms with E-state index in [4.69, 9.17) is 19.4 Å². The van der Waals surface area contributed by atoms with Crippen LogP contribution in [0.5, 0.6) is 0 Å². The molecule has 0 amide bonds. The van der Waals surface area contributed by atoms with Crippen LogP contribution in [-0.2, 0) is 0 Å². The maximum absolute atomic E-state index is 6.47. The van der Waals surface area contributed by atoms with Gasteiger partial charge in [-0.2, -0.15) is 0 Å². The summed E-state index contributed by atoms with van der Waals surface area (Å²) in [6, 6.07) is 63.9. The van der Waals surface area contributed by atoms with Crippen LogP contribution in [0, 0.1) is 0 Å². The van der Waals surface area contributed by atoms with Gasteiger partial charge in [-0.15, -0.1) is 11.3 Å². The van der Waals surface area contributed by atoms with Gasteiger partial charge in [-0.25, -0.2) is 15.0 Å². The van der Waals surface area contributed by atoms with E-state index in [9.17, 15) is 0 Å². The van der Waals surface area contributed by atoms with Crippen molar-refractivity contribution in [3.8, 4) is 51.0 Å². The number of aromatic nitrogens is 4. The second kappa shape index (κ2) is 12.6. The van der Waals surface area contributed by atoms with E-state index < -0.39 is 0 Å². The lowest BCUT2D eigenvalue weighted by atomic mass is 9.99. The van der Waals surface area contributed by atoms with Crippen LogP contribution < -0.4 is 0 Å². The van der Waals surface area contributed by atoms with Gasteiger partial charge in [-0.05, 0) is 65.7 Å². The van der Waals surface area contributed by atoms with E-state index in [0.717, 1.165) is 49.8 Å². The second-order valence-corrected chi connectivity index (χ2v) is 15.5. The molecule has 5 nitrogen and oxygen atoms in total. The molecule has 12 rings (SSSR count). The van der Waals surface area contributed by atoms with Crippen LogP contribution in [0.3, 0.4) is 0 Å². The third-order valence-electron chi connectivity index (χ3n) is 11.1. The molecule has 0 radical (unpaired) electrons. The molecule has 0 saturated carbocycles. The van der Waals surface area contributed by atoms with Gasteiger partial charge in [0.2, 0.25) is 0 Å². The lowest BCUT2D eigenvalue weighted by Crippen LogP contribution is -2.00. The fraction of sp³-hybridized carbons (Fsp3) is 0. The molecule has 12 aromatic rings. The molecule has 8 aromatic carbocycles. The van der Waals surface area contributed by atoms with Crippen molar-refractivity contribution in [1.29, 1.82) is 0 Å². The number of rotatable bonds is 5. The van der Waals surface area contributed by atoms with Crippen molar-refractivity contribution >= 4 is 75.3 Å². The van der Waals surface area contributed by atoms with E-state index in [1.54, 1.807) is 0 Å². The predicted octanol–water partition coefficient (Wildman–Crippen LogP) is 13.9. The third kappa shape index (κ3) is 5.12. The molecule has 4 aromatic heterocycles. The van der Waals surface area contributed by atoms with Crippen molar-refractivity contribution in [3.05, 3.63) is 182 Å². The Morgan fingerprint density at radius 1 is 0.386 bits per heavy atom. The number of hydrogen-bond acceptors (Lipinski definition) is 5. The summed E-state index contributed by atoms with van der Waals surface area (Å²) in [7, 11) is 0. The number of thiophene rings is 1. The van der Waals surface area contributed by atoms with Gasteiger partial charge in [0.1, 0.15) is 11.2 Å². The van der Waals surface area contributed by atoms with Crippen LogP contribution in [-0.4, -0.2) is 19.5 Å². The molecular weight excluding hydrogens is 717 g/mol. The molecule has 57 heavy (non-hydrogen) atoms. The molecule has 0 aliphatic heterocycles. The summed E-state index contributed by atoms with van der Waals surface area (Å²) in [5, 5.41) is 7.06. The first kappa shape index (κ1) is 31.9. The molecule has 266 valence electrons. The molecule has 0 aliphatic rings. The second-order valence-electron chi connectivity index (χ2n) is 14.4. The zero-order valence-corrected chi connectivity index (χ0v) is 31.2. The average molecular weight is 747 g/mol. The summed E-state index contributed by atoms with van der Waals surface area (Å²) in [4.78, 5) is 15.0. The van der Waals surface area contributed by atoms with Gasteiger partial charge in [0.15, 0.2) is 17.5 Å². The Balaban J connectivity index is 0.988. The Labute approximate surface area is 330 Å². The van der Waals surface area contributed by atoms with E-state index in [1.807, 2.05) is 84.1 Å². The number of hydrogen-bond donors (Lipinski definition) is 0. The van der Waals surface area contributed by atoms with E-state index in [0.29, 0.717) is 17.5 Å². The highest BCUT2D eigenvalue weighted by atomic mass is 32.1. The van der Waals surface area contributed by atoms with Crippen LogP contribution in [0.1, 0.15) is 0 Å². The Morgan fingerprint density at radius 3 is 1.70 bits per heavy atom. The summed E-state index contributed by atoms with van der Waals surface area (Å²) < 4.78 is 11.4. The van der Waals surface area contributed by atoms with Crippen molar-refractivity contribution in [2.45, 2.75) is 0 Å². The molecule has 0 atom stereocenters. The van der Waals surface area contributed by atoms with Gasteiger partial charge in [0, 0.05) is 64.1 Å². The number of furan rings is 1. The molecule has 6 heteroatoms. The average Bonchev–Trinajstić information content (AvgIpc) is 3.95. The van der Waals surface area contributed by atoms with Crippen LogP contribution in [0.4, 0.5) is 0 Å². The Bertz CT molecular complexity index is 3420. The maximum atomic E-state index is 6.47. The first-order chi connectivity index (χ1) is 28.2. The van der Waals surface area contributed by atoms with Gasteiger partial charge in [0.05, 0.1) is 11.0 Å². The van der Waals surface area contributed by atoms with E-state index in [2.05, 4.69) is 114 Å². The normalized spacial score (nSPS) is 11.9. The van der Waals surface area contributed by atoms with Crippen LogP contribution in [0.15, 0.2) is 186 Å². The van der Waals surface area contributed by atoms with Crippen LogP contribution in [0.2, 0.25) is 0 Å². The standard InChI is InChI=1S/C51H30N4OS/c1-3-12-31(13-4-1)49-52-50(32-14-5-2-6-15-32)54-51(53-49)39-18-11-21-45-48(39)41-29-33(22-26-44(41)56-45)34-23-27-46-40(28-34)38-25-24-35(30-47(38)57-46)55-42-19-9-7-16-36(42)37-17-8-10-20-43(37)55/h1-30H. The highest BCUT2D eigenvalue weighted by Crippen LogP contribution is 2.42. The molecular formula is C51H30N4OS. The monoisotopic (exact) mass is 746 g/mol. The number of para-hydroxylation sites is 2. The van der Waals surface area contributed by atoms with Crippen molar-refractivity contribution in [1.82, 2.24) is 19.5 Å². The fourth-order valence-electron chi connectivity index (χ4n) is 8.41. The Morgan fingerprint density at radius 2 is 1.00 bits per heavy atom. The van der Waals surface area contributed by atoms with Gasteiger partial charge in [0.25, 0.3) is 0 Å². The van der Waals surface area contributed by atoms with Crippen molar-refractivity contribution in [2.24, 2.45) is 0 Å². The third-order valence-corrected chi connectivity index (χ3v) is 12.2. The van der Waals surface area contributed by atoms with Crippen LogP contribution >= 0.6 is 11.3 Å². The van der Waals surface area contributed by atoms with Crippen molar-refractivity contribution in [2.75, 3.05) is 0 Å². The number of fused-ring (bicyclic) bond motifs is 9. The lowest BCUT2D eigenvalue weighted by Gasteiger charge is -2.09. The molecule has 0 bridgehead atoms. The largest absolute Gasteiger partial charge is 0.456 e. The summed E-state index contributed by atoms with van der Waals surface area (Å²) in [6.07, 6.45) is 0. The summed E-state index contributed by atoms with van der Waals surface area (Å²) in [5.41, 5.74) is 10.3. The lowest BCUT2D eigenvalue weighted by molar-refractivity contribution is 0.669.